The van der Waals surface area contributed by atoms with Crippen LogP contribution in [0.1, 0.15) is 32.4 Å². The molecule has 0 aliphatic heterocycles. The van der Waals surface area contributed by atoms with E-state index in [1.807, 2.05) is 6.92 Å². The van der Waals surface area contributed by atoms with Gasteiger partial charge in [-0.2, -0.15) is 13.2 Å². The van der Waals surface area contributed by atoms with Crippen molar-refractivity contribution in [3.05, 3.63) is 45.9 Å². The van der Waals surface area contributed by atoms with E-state index in [1.54, 1.807) is 13.0 Å². The van der Waals surface area contributed by atoms with E-state index in [4.69, 9.17) is 4.52 Å². The van der Waals surface area contributed by atoms with Crippen LogP contribution in [0.5, 0.6) is 0 Å². The lowest BCUT2D eigenvalue weighted by molar-refractivity contribution is -0.138. The maximum absolute atomic E-state index is 12.6. The van der Waals surface area contributed by atoms with Crippen molar-refractivity contribution in [2.45, 2.75) is 30.8 Å². The first-order chi connectivity index (χ1) is 12.8. The molecule has 0 bridgehead atoms. The van der Waals surface area contributed by atoms with E-state index in [1.165, 1.54) is 24.0 Å². The largest absolute Gasteiger partial charge is 0.445 e. The summed E-state index contributed by atoms with van der Waals surface area (Å²) in [5.41, 5.74) is 1.87. The Morgan fingerprint density at radius 1 is 1.33 bits per heavy atom. The van der Waals surface area contributed by atoms with Gasteiger partial charge >= 0.3 is 6.18 Å². The average Bonchev–Trinajstić information content (AvgIpc) is 3.20. The quantitative estimate of drug-likeness (QED) is 0.627. The van der Waals surface area contributed by atoms with Gasteiger partial charge < -0.3 is 4.52 Å². The Hall–Kier alpha value is -2.47. The summed E-state index contributed by atoms with van der Waals surface area (Å²) in [6, 6.07) is 3.10. The molecule has 1 amide bonds. The zero-order valence-corrected chi connectivity index (χ0v) is 15.6. The maximum Gasteiger partial charge on any atom is 0.445 e. The average molecular weight is 415 g/mol. The Morgan fingerprint density at radius 2 is 2.11 bits per heavy atom. The number of amides is 1. The van der Waals surface area contributed by atoms with Gasteiger partial charge in [-0.15, -0.1) is 22.0 Å². The number of alkyl halides is 3. The normalized spacial score (nSPS) is 11.6. The van der Waals surface area contributed by atoms with Crippen molar-refractivity contribution in [3.63, 3.8) is 0 Å². The fourth-order valence-corrected chi connectivity index (χ4v) is 3.83. The molecule has 7 nitrogen and oxygen atoms in total. The molecule has 3 aromatic heterocycles. The molecule has 0 aromatic carbocycles. The topological polar surface area (TPSA) is 93.8 Å². The summed E-state index contributed by atoms with van der Waals surface area (Å²) in [7, 11) is 0. The second-order valence-corrected chi connectivity index (χ2v) is 7.25. The van der Waals surface area contributed by atoms with Crippen molar-refractivity contribution in [2.24, 2.45) is 0 Å². The van der Waals surface area contributed by atoms with Crippen LogP contribution in [0.25, 0.3) is 0 Å². The van der Waals surface area contributed by atoms with Crippen LogP contribution in [0.15, 0.2) is 27.9 Å². The van der Waals surface area contributed by atoms with Crippen LogP contribution in [0.3, 0.4) is 0 Å². The van der Waals surface area contributed by atoms with Gasteiger partial charge in [0, 0.05) is 17.5 Å². The SMILES string of the molecule is Cc1noc(C)c1CSc1ncccc1C(=O)Nc1nnc(C(F)(F)F)s1. The highest BCUT2D eigenvalue weighted by Gasteiger charge is 2.35. The van der Waals surface area contributed by atoms with Gasteiger partial charge in [0.2, 0.25) is 10.1 Å². The number of carbonyl (C=O) groups excluding carboxylic acids is 1. The number of anilines is 1. The first kappa shape index (κ1) is 19.3. The smallest absolute Gasteiger partial charge is 0.361 e. The van der Waals surface area contributed by atoms with Crippen LogP contribution in [0.4, 0.5) is 18.3 Å². The molecular weight excluding hydrogens is 403 g/mol. The number of nitrogens with one attached hydrogen (secondary N) is 1. The van der Waals surface area contributed by atoms with Crippen molar-refractivity contribution in [1.29, 1.82) is 0 Å². The van der Waals surface area contributed by atoms with Crippen molar-refractivity contribution in [3.8, 4) is 0 Å². The van der Waals surface area contributed by atoms with Crippen LogP contribution < -0.4 is 5.32 Å². The van der Waals surface area contributed by atoms with E-state index in [2.05, 4.69) is 25.7 Å². The Kier molecular flexibility index (Phi) is 5.46. The van der Waals surface area contributed by atoms with Gasteiger partial charge in [0.15, 0.2) is 0 Å². The second-order valence-electron chi connectivity index (χ2n) is 5.31. The zero-order chi connectivity index (χ0) is 19.6. The van der Waals surface area contributed by atoms with Crippen LogP contribution >= 0.6 is 23.1 Å². The number of nitrogens with zero attached hydrogens (tertiary/aromatic N) is 4. The molecule has 12 heteroatoms. The number of hydrogen-bond donors (Lipinski definition) is 1. The zero-order valence-electron chi connectivity index (χ0n) is 14.0. The van der Waals surface area contributed by atoms with Gasteiger partial charge in [-0.1, -0.05) is 16.5 Å². The molecule has 3 heterocycles. The number of halogens is 3. The monoisotopic (exact) mass is 415 g/mol. The van der Waals surface area contributed by atoms with E-state index < -0.39 is 17.1 Å². The molecule has 0 aliphatic carbocycles. The molecule has 142 valence electrons. The Morgan fingerprint density at radius 3 is 2.74 bits per heavy atom. The van der Waals surface area contributed by atoms with Crippen LogP contribution in [0, 0.1) is 13.8 Å². The predicted molar refractivity (Wildman–Crippen MR) is 92.6 cm³/mol. The summed E-state index contributed by atoms with van der Waals surface area (Å²) in [6.07, 6.45) is -3.08. The highest BCUT2D eigenvalue weighted by Crippen LogP contribution is 2.33. The predicted octanol–water partition coefficient (Wildman–Crippen LogP) is 4.10. The Balaban J connectivity index is 1.75. The summed E-state index contributed by atoms with van der Waals surface area (Å²) in [6.45, 7) is 3.60. The summed E-state index contributed by atoms with van der Waals surface area (Å²) < 4.78 is 42.9. The molecule has 0 unspecified atom stereocenters. The standard InChI is InChI=1S/C15H12F3N5O2S2/c1-7-10(8(2)25-23-7)6-26-12-9(4-3-5-19-12)11(24)20-14-22-21-13(27-14)15(16,17)18/h3-5H,6H2,1-2H3,(H,20,22,24). The maximum atomic E-state index is 12.6. The van der Waals surface area contributed by atoms with Gasteiger partial charge in [0.1, 0.15) is 10.8 Å². The lowest BCUT2D eigenvalue weighted by Crippen LogP contribution is -2.13. The molecule has 0 aliphatic rings. The minimum Gasteiger partial charge on any atom is -0.361 e. The third kappa shape index (κ3) is 4.45. The fourth-order valence-electron chi connectivity index (χ4n) is 2.08. The number of rotatable bonds is 5. The number of aromatic nitrogens is 4. The van der Waals surface area contributed by atoms with Crippen molar-refractivity contribution in [1.82, 2.24) is 20.3 Å². The molecule has 0 saturated heterocycles. The summed E-state index contributed by atoms with van der Waals surface area (Å²) in [5.74, 6) is 0.542. The second kappa shape index (κ2) is 7.64. The molecule has 3 rings (SSSR count). The third-order valence-electron chi connectivity index (χ3n) is 3.44. The summed E-state index contributed by atoms with van der Waals surface area (Å²) in [5, 5.41) is 11.7. The summed E-state index contributed by atoms with van der Waals surface area (Å²) >= 11 is 1.55. The first-order valence-corrected chi connectivity index (χ1v) is 9.27. The van der Waals surface area contributed by atoms with E-state index >= 15 is 0 Å². The molecule has 27 heavy (non-hydrogen) atoms. The molecule has 0 atom stereocenters. The van der Waals surface area contributed by atoms with Crippen molar-refractivity contribution >= 4 is 34.1 Å². The van der Waals surface area contributed by atoms with Gasteiger partial charge in [-0.25, -0.2) is 4.98 Å². The minimum atomic E-state index is -4.61. The lowest BCUT2D eigenvalue weighted by Gasteiger charge is -2.07. The van der Waals surface area contributed by atoms with E-state index in [9.17, 15) is 18.0 Å². The minimum absolute atomic E-state index is 0.220. The van der Waals surface area contributed by atoms with Gasteiger partial charge in [-0.05, 0) is 26.0 Å². The third-order valence-corrected chi connectivity index (χ3v) is 5.35. The molecule has 0 saturated carbocycles. The number of carbonyl (C=O) groups is 1. The molecule has 3 aromatic rings. The number of aryl methyl sites for hydroxylation is 2. The van der Waals surface area contributed by atoms with Gasteiger partial charge in [0.05, 0.1) is 11.3 Å². The van der Waals surface area contributed by atoms with E-state index in [0.29, 0.717) is 16.5 Å². The van der Waals surface area contributed by atoms with E-state index in [-0.39, 0.29) is 22.0 Å². The fraction of sp³-hybridized carbons (Fsp3) is 0.267. The van der Waals surface area contributed by atoms with Gasteiger partial charge in [-0.3, -0.25) is 10.1 Å². The summed E-state index contributed by atoms with van der Waals surface area (Å²) in [4.78, 5) is 16.6. The van der Waals surface area contributed by atoms with Gasteiger partial charge in [0.25, 0.3) is 5.91 Å². The van der Waals surface area contributed by atoms with Crippen molar-refractivity contribution in [2.75, 3.05) is 5.32 Å². The highest BCUT2D eigenvalue weighted by molar-refractivity contribution is 7.98. The number of pyridine rings is 1. The van der Waals surface area contributed by atoms with Crippen molar-refractivity contribution < 1.29 is 22.5 Å². The molecule has 1 N–H and O–H groups in total. The molecule has 0 spiro atoms. The van der Waals surface area contributed by atoms with E-state index in [0.717, 1.165) is 11.3 Å². The highest BCUT2D eigenvalue weighted by atomic mass is 32.2. The number of thioether (sulfide) groups is 1. The van der Waals surface area contributed by atoms with Crippen LogP contribution in [0.2, 0.25) is 0 Å². The van der Waals surface area contributed by atoms with Crippen LogP contribution in [-0.2, 0) is 11.9 Å². The Bertz CT molecular complexity index is 951. The molecular formula is C15H12F3N5O2S2. The first-order valence-electron chi connectivity index (χ1n) is 7.47. The number of hydrogen-bond acceptors (Lipinski definition) is 8. The Labute approximate surface area is 159 Å². The van der Waals surface area contributed by atoms with Crippen LogP contribution in [-0.4, -0.2) is 26.2 Å². The molecule has 0 radical (unpaired) electrons. The lowest BCUT2D eigenvalue weighted by atomic mass is 10.2. The molecule has 0 fully saturated rings.